The number of ether oxygens (including phenoxy) is 1. The van der Waals surface area contributed by atoms with Crippen molar-refractivity contribution in [2.24, 2.45) is 5.92 Å². The van der Waals surface area contributed by atoms with Gasteiger partial charge in [0.2, 0.25) is 0 Å². The molecule has 1 N–H and O–H groups in total. The molecule has 0 aromatic heterocycles. The van der Waals surface area contributed by atoms with E-state index < -0.39 is 6.10 Å². The van der Waals surface area contributed by atoms with Gasteiger partial charge >= 0.3 is 0 Å². The summed E-state index contributed by atoms with van der Waals surface area (Å²) in [5, 5.41) is 9.42. The predicted octanol–water partition coefficient (Wildman–Crippen LogP) is 2.92. The van der Waals surface area contributed by atoms with E-state index in [1.165, 1.54) is 19.3 Å². The summed E-state index contributed by atoms with van der Waals surface area (Å²) in [6.07, 6.45) is 3.49. The molecule has 0 spiro atoms. The molecule has 0 saturated heterocycles. The Hall–Kier alpha value is -1.02. The number of aliphatic hydroxyl groups excluding tert-OH is 1. The maximum atomic E-state index is 9.42. The molecule has 1 aliphatic carbocycles. The number of benzene rings is 1. The summed E-state index contributed by atoms with van der Waals surface area (Å²) in [4.78, 5) is 0. The van der Waals surface area contributed by atoms with E-state index in [1.54, 1.807) is 6.92 Å². The van der Waals surface area contributed by atoms with Crippen LogP contribution in [0.3, 0.4) is 0 Å². The lowest BCUT2D eigenvalue weighted by Crippen LogP contribution is -1.99. The molecule has 2 nitrogen and oxygen atoms in total. The van der Waals surface area contributed by atoms with Gasteiger partial charge in [0.15, 0.2) is 0 Å². The average Bonchev–Trinajstić information content (AvgIpc) is 3.02. The van der Waals surface area contributed by atoms with Crippen molar-refractivity contribution < 1.29 is 9.84 Å². The smallest absolute Gasteiger partial charge is 0.119 e. The zero-order valence-electron chi connectivity index (χ0n) is 9.15. The van der Waals surface area contributed by atoms with Gasteiger partial charge in [-0.05, 0) is 37.0 Å². The van der Waals surface area contributed by atoms with E-state index in [-0.39, 0.29) is 0 Å². The van der Waals surface area contributed by atoms with E-state index in [0.29, 0.717) is 0 Å². The first-order chi connectivity index (χ1) is 7.25. The van der Waals surface area contributed by atoms with Crippen LogP contribution < -0.4 is 4.74 Å². The number of aliphatic hydroxyl groups is 1. The van der Waals surface area contributed by atoms with E-state index in [2.05, 4.69) is 0 Å². The first kappa shape index (κ1) is 10.5. The van der Waals surface area contributed by atoms with Gasteiger partial charge in [-0.2, -0.15) is 0 Å². The largest absolute Gasteiger partial charge is 0.494 e. The number of rotatable bonds is 5. The number of hydrogen-bond acceptors (Lipinski definition) is 2. The Morgan fingerprint density at radius 2 is 2.27 bits per heavy atom. The summed E-state index contributed by atoms with van der Waals surface area (Å²) in [5.41, 5.74) is 0.916. The van der Waals surface area contributed by atoms with Crippen molar-refractivity contribution in [2.45, 2.75) is 32.3 Å². The van der Waals surface area contributed by atoms with Crippen LogP contribution in [0.25, 0.3) is 0 Å². The Bertz CT molecular complexity index is 316. The van der Waals surface area contributed by atoms with Gasteiger partial charge in [0.1, 0.15) is 5.75 Å². The molecule has 0 amide bonds. The van der Waals surface area contributed by atoms with Crippen LogP contribution in [0.15, 0.2) is 24.3 Å². The highest BCUT2D eigenvalue weighted by Gasteiger charge is 2.20. The molecule has 0 unspecified atom stereocenters. The van der Waals surface area contributed by atoms with Gasteiger partial charge in [0.25, 0.3) is 0 Å². The summed E-state index contributed by atoms with van der Waals surface area (Å²) in [5.74, 6) is 1.78. The Kier molecular flexibility index (Phi) is 3.27. The van der Waals surface area contributed by atoms with E-state index in [9.17, 15) is 5.11 Å². The standard InChI is InChI=1S/C13H18O2/c1-10(14)12-3-2-4-13(9-12)15-8-7-11-5-6-11/h2-4,9-11,14H,5-8H2,1H3/t10-/m0/s1. The summed E-state index contributed by atoms with van der Waals surface area (Å²) < 4.78 is 5.64. The molecule has 0 aliphatic heterocycles. The van der Waals surface area contributed by atoms with E-state index in [4.69, 9.17) is 4.74 Å². The van der Waals surface area contributed by atoms with Gasteiger partial charge in [-0.3, -0.25) is 0 Å². The topological polar surface area (TPSA) is 29.5 Å². The van der Waals surface area contributed by atoms with Gasteiger partial charge in [0.05, 0.1) is 12.7 Å². The molecule has 0 radical (unpaired) electrons. The highest BCUT2D eigenvalue weighted by molar-refractivity contribution is 5.29. The Morgan fingerprint density at radius 3 is 2.93 bits per heavy atom. The monoisotopic (exact) mass is 206 g/mol. The maximum absolute atomic E-state index is 9.42. The summed E-state index contributed by atoms with van der Waals surface area (Å²) in [6.45, 7) is 2.57. The van der Waals surface area contributed by atoms with Crippen LogP contribution in [0.2, 0.25) is 0 Å². The van der Waals surface area contributed by atoms with Crippen LogP contribution in [0.4, 0.5) is 0 Å². The minimum atomic E-state index is -0.419. The molecule has 1 aliphatic rings. The summed E-state index contributed by atoms with van der Waals surface area (Å²) in [7, 11) is 0. The molecule has 2 heteroatoms. The van der Waals surface area contributed by atoms with Crippen molar-refractivity contribution in [1.82, 2.24) is 0 Å². The quantitative estimate of drug-likeness (QED) is 0.802. The Labute approximate surface area is 90.9 Å². The Morgan fingerprint density at radius 1 is 1.47 bits per heavy atom. The minimum Gasteiger partial charge on any atom is -0.494 e. The summed E-state index contributed by atoms with van der Waals surface area (Å²) >= 11 is 0. The van der Waals surface area contributed by atoms with Gasteiger partial charge in [-0.1, -0.05) is 25.0 Å². The van der Waals surface area contributed by atoms with Gasteiger partial charge in [-0.15, -0.1) is 0 Å². The lowest BCUT2D eigenvalue weighted by molar-refractivity contribution is 0.198. The zero-order valence-corrected chi connectivity index (χ0v) is 9.15. The van der Waals surface area contributed by atoms with Crippen molar-refractivity contribution >= 4 is 0 Å². The molecular formula is C13H18O2. The van der Waals surface area contributed by atoms with Crippen molar-refractivity contribution in [2.75, 3.05) is 6.61 Å². The maximum Gasteiger partial charge on any atom is 0.119 e. The average molecular weight is 206 g/mol. The SMILES string of the molecule is C[C@H](O)c1cccc(OCCC2CC2)c1. The van der Waals surface area contributed by atoms with Crippen LogP contribution in [-0.2, 0) is 0 Å². The third-order valence-corrected chi connectivity index (χ3v) is 2.83. The van der Waals surface area contributed by atoms with E-state index in [1.807, 2.05) is 24.3 Å². The molecule has 15 heavy (non-hydrogen) atoms. The van der Waals surface area contributed by atoms with Crippen LogP contribution >= 0.6 is 0 Å². The number of hydrogen-bond donors (Lipinski definition) is 1. The van der Waals surface area contributed by atoms with Crippen LogP contribution in [0.5, 0.6) is 5.75 Å². The van der Waals surface area contributed by atoms with Crippen molar-refractivity contribution in [3.05, 3.63) is 29.8 Å². The molecule has 1 saturated carbocycles. The lowest BCUT2D eigenvalue weighted by atomic mass is 10.1. The Balaban J connectivity index is 1.86. The third kappa shape index (κ3) is 3.24. The van der Waals surface area contributed by atoms with Crippen LogP contribution in [-0.4, -0.2) is 11.7 Å². The van der Waals surface area contributed by atoms with Crippen LogP contribution in [0.1, 0.15) is 37.9 Å². The van der Waals surface area contributed by atoms with Crippen LogP contribution in [0, 0.1) is 5.92 Å². The highest BCUT2D eigenvalue weighted by Crippen LogP contribution is 2.32. The van der Waals surface area contributed by atoms with Crippen molar-refractivity contribution in [3.63, 3.8) is 0 Å². The molecule has 1 fully saturated rings. The first-order valence-electron chi connectivity index (χ1n) is 5.66. The fourth-order valence-corrected chi connectivity index (χ4v) is 1.61. The van der Waals surface area contributed by atoms with E-state index in [0.717, 1.165) is 23.8 Å². The molecule has 1 atom stereocenters. The van der Waals surface area contributed by atoms with E-state index >= 15 is 0 Å². The fourth-order valence-electron chi connectivity index (χ4n) is 1.61. The molecule has 0 heterocycles. The first-order valence-corrected chi connectivity index (χ1v) is 5.66. The normalized spacial score (nSPS) is 17.5. The second-order valence-electron chi connectivity index (χ2n) is 4.33. The molecular weight excluding hydrogens is 188 g/mol. The third-order valence-electron chi connectivity index (χ3n) is 2.83. The minimum absolute atomic E-state index is 0.419. The molecule has 2 rings (SSSR count). The summed E-state index contributed by atoms with van der Waals surface area (Å²) in [6, 6.07) is 7.70. The van der Waals surface area contributed by atoms with Gasteiger partial charge in [-0.25, -0.2) is 0 Å². The van der Waals surface area contributed by atoms with Gasteiger partial charge < -0.3 is 9.84 Å². The molecule has 82 valence electrons. The second-order valence-corrected chi connectivity index (χ2v) is 4.33. The lowest BCUT2D eigenvalue weighted by Gasteiger charge is -2.09. The van der Waals surface area contributed by atoms with Crippen molar-refractivity contribution in [1.29, 1.82) is 0 Å². The van der Waals surface area contributed by atoms with Crippen molar-refractivity contribution in [3.8, 4) is 5.75 Å². The predicted molar refractivity (Wildman–Crippen MR) is 59.9 cm³/mol. The molecule has 1 aromatic rings. The highest BCUT2D eigenvalue weighted by atomic mass is 16.5. The second kappa shape index (κ2) is 4.67. The fraction of sp³-hybridized carbons (Fsp3) is 0.538. The molecule has 1 aromatic carbocycles. The molecule has 0 bridgehead atoms. The van der Waals surface area contributed by atoms with Gasteiger partial charge in [0, 0.05) is 0 Å². The zero-order chi connectivity index (χ0) is 10.7.